The topological polar surface area (TPSA) is 32.3 Å². The highest BCUT2D eigenvalue weighted by molar-refractivity contribution is 5.82. The first kappa shape index (κ1) is 13.4. The lowest BCUT2D eigenvalue weighted by atomic mass is 9.95. The molecule has 108 valence electrons. The second-order valence-electron chi connectivity index (χ2n) is 6.77. The Morgan fingerprint density at radius 3 is 2.47 bits per heavy atom. The number of carbonyl (C=O) groups is 1. The van der Waals surface area contributed by atoms with Gasteiger partial charge in [-0.2, -0.15) is 0 Å². The Balaban J connectivity index is 1.55. The molecule has 1 saturated heterocycles. The molecule has 3 rings (SSSR count). The summed E-state index contributed by atoms with van der Waals surface area (Å²) in [6.07, 6.45) is 8.99. The Labute approximate surface area is 117 Å². The van der Waals surface area contributed by atoms with Crippen LogP contribution in [-0.2, 0) is 4.79 Å². The molecule has 1 unspecified atom stereocenters. The van der Waals surface area contributed by atoms with Crippen LogP contribution in [0.1, 0.15) is 51.9 Å². The molecule has 1 atom stereocenters. The largest absolute Gasteiger partial charge is 0.341 e. The van der Waals surface area contributed by atoms with Crippen LogP contribution in [0, 0.1) is 17.8 Å². The third kappa shape index (κ3) is 3.31. The standard InChI is InChI=1S/C16H28N2O/c1-2-9-17-15-4-3-10-18(16(15)19)11-14(12-5-6-12)13-7-8-13/h12-15,17H,2-11H2,1H3. The minimum Gasteiger partial charge on any atom is -0.341 e. The SMILES string of the molecule is CCCNC1CCCN(CC(C2CC2)C2CC2)C1=O. The van der Waals surface area contributed by atoms with E-state index in [1.54, 1.807) is 0 Å². The summed E-state index contributed by atoms with van der Waals surface area (Å²) in [6.45, 7) is 5.19. The third-order valence-electron chi connectivity index (χ3n) is 5.06. The zero-order chi connectivity index (χ0) is 13.2. The van der Waals surface area contributed by atoms with E-state index in [9.17, 15) is 4.79 Å². The van der Waals surface area contributed by atoms with Gasteiger partial charge in [0.2, 0.25) is 5.91 Å². The van der Waals surface area contributed by atoms with E-state index in [1.165, 1.54) is 32.1 Å². The van der Waals surface area contributed by atoms with Gasteiger partial charge in [-0.15, -0.1) is 0 Å². The summed E-state index contributed by atoms with van der Waals surface area (Å²) in [5, 5.41) is 3.42. The van der Waals surface area contributed by atoms with Crippen molar-refractivity contribution in [1.29, 1.82) is 0 Å². The van der Waals surface area contributed by atoms with Crippen LogP contribution < -0.4 is 5.32 Å². The second kappa shape index (κ2) is 5.82. The summed E-state index contributed by atoms with van der Waals surface area (Å²) in [4.78, 5) is 14.7. The lowest BCUT2D eigenvalue weighted by Gasteiger charge is -2.35. The van der Waals surface area contributed by atoms with Crippen molar-refractivity contribution in [2.24, 2.45) is 17.8 Å². The molecule has 1 aliphatic heterocycles. The molecule has 1 amide bonds. The number of hydrogen-bond donors (Lipinski definition) is 1. The van der Waals surface area contributed by atoms with E-state index in [0.717, 1.165) is 50.2 Å². The van der Waals surface area contributed by atoms with Crippen molar-refractivity contribution in [3.8, 4) is 0 Å². The number of likely N-dealkylation sites (tertiary alicyclic amines) is 1. The van der Waals surface area contributed by atoms with E-state index in [-0.39, 0.29) is 6.04 Å². The predicted molar refractivity (Wildman–Crippen MR) is 76.8 cm³/mol. The molecule has 0 aromatic heterocycles. The van der Waals surface area contributed by atoms with E-state index >= 15 is 0 Å². The number of piperidine rings is 1. The van der Waals surface area contributed by atoms with Crippen molar-refractivity contribution < 1.29 is 4.79 Å². The molecule has 0 aromatic rings. The highest BCUT2D eigenvalue weighted by atomic mass is 16.2. The van der Waals surface area contributed by atoms with Crippen molar-refractivity contribution >= 4 is 5.91 Å². The molecule has 2 saturated carbocycles. The highest BCUT2D eigenvalue weighted by Gasteiger charge is 2.43. The maximum Gasteiger partial charge on any atom is 0.239 e. The van der Waals surface area contributed by atoms with Crippen LogP contribution >= 0.6 is 0 Å². The number of amides is 1. The average Bonchev–Trinajstić information content (AvgIpc) is 3.29. The number of hydrogen-bond acceptors (Lipinski definition) is 2. The Kier molecular flexibility index (Phi) is 4.11. The van der Waals surface area contributed by atoms with Gasteiger partial charge in [-0.3, -0.25) is 4.79 Å². The minimum atomic E-state index is 0.104. The van der Waals surface area contributed by atoms with Gasteiger partial charge in [0.25, 0.3) is 0 Å². The molecule has 3 fully saturated rings. The lowest BCUT2D eigenvalue weighted by molar-refractivity contribution is -0.136. The molecule has 1 N–H and O–H groups in total. The predicted octanol–water partition coefficient (Wildman–Crippen LogP) is 2.41. The van der Waals surface area contributed by atoms with Gasteiger partial charge in [0, 0.05) is 13.1 Å². The van der Waals surface area contributed by atoms with Crippen molar-refractivity contribution in [3.63, 3.8) is 0 Å². The smallest absolute Gasteiger partial charge is 0.239 e. The molecule has 0 aromatic carbocycles. The van der Waals surface area contributed by atoms with Crippen LogP contribution in [0.5, 0.6) is 0 Å². The van der Waals surface area contributed by atoms with Gasteiger partial charge in [0.1, 0.15) is 0 Å². The first-order valence-corrected chi connectivity index (χ1v) is 8.31. The third-order valence-corrected chi connectivity index (χ3v) is 5.06. The maximum atomic E-state index is 12.5. The molecule has 1 heterocycles. The fourth-order valence-electron chi connectivity index (χ4n) is 3.62. The Morgan fingerprint density at radius 1 is 1.21 bits per heavy atom. The van der Waals surface area contributed by atoms with Gasteiger partial charge in [-0.25, -0.2) is 0 Å². The number of rotatable bonds is 7. The van der Waals surface area contributed by atoms with E-state index in [4.69, 9.17) is 0 Å². The van der Waals surface area contributed by atoms with E-state index < -0.39 is 0 Å². The molecule has 19 heavy (non-hydrogen) atoms. The zero-order valence-electron chi connectivity index (χ0n) is 12.2. The average molecular weight is 264 g/mol. The van der Waals surface area contributed by atoms with Crippen molar-refractivity contribution in [2.45, 2.75) is 57.9 Å². The van der Waals surface area contributed by atoms with Crippen LogP contribution in [0.3, 0.4) is 0 Å². The van der Waals surface area contributed by atoms with Crippen molar-refractivity contribution in [2.75, 3.05) is 19.6 Å². The minimum absolute atomic E-state index is 0.104. The number of carbonyl (C=O) groups excluding carboxylic acids is 1. The molecule has 3 aliphatic rings. The van der Waals surface area contributed by atoms with E-state index in [0.29, 0.717) is 5.91 Å². The molecule has 0 bridgehead atoms. The highest BCUT2D eigenvalue weighted by Crippen LogP contribution is 2.49. The van der Waals surface area contributed by atoms with Crippen LogP contribution in [0.4, 0.5) is 0 Å². The Bertz CT molecular complexity index is 311. The molecule has 0 radical (unpaired) electrons. The molecule has 0 spiro atoms. The molecular formula is C16H28N2O. The number of nitrogens with one attached hydrogen (secondary N) is 1. The fraction of sp³-hybridized carbons (Fsp3) is 0.938. The normalized spacial score (nSPS) is 28.2. The quantitative estimate of drug-likeness (QED) is 0.766. The second-order valence-corrected chi connectivity index (χ2v) is 6.77. The molecule has 3 nitrogen and oxygen atoms in total. The molecular weight excluding hydrogens is 236 g/mol. The number of nitrogens with zero attached hydrogens (tertiary/aromatic N) is 1. The Hall–Kier alpha value is -0.570. The summed E-state index contributed by atoms with van der Waals surface area (Å²) in [5.41, 5.74) is 0. The van der Waals surface area contributed by atoms with Crippen LogP contribution in [-0.4, -0.2) is 36.5 Å². The van der Waals surface area contributed by atoms with Crippen molar-refractivity contribution in [1.82, 2.24) is 10.2 Å². The van der Waals surface area contributed by atoms with E-state index in [1.807, 2.05) is 0 Å². The lowest BCUT2D eigenvalue weighted by Crippen LogP contribution is -2.52. The van der Waals surface area contributed by atoms with Gasteiger partial charge in [-0.05, 0) is 69.2 Å². The summed E-state index contributed by atoms with van der Waals surface area (Å²) in [6, 6.07) is 0.104. The summed E-state index contributed by atoms with van der Waals surface area (Å²) in [5.74, 6) is 3.11. The monoisotopic (exact) mass is 264 g/mol. The van der Waals surface area contributed by atoms with Gasteiger partial charge in [-0.1, -0.05) is 6.92 Å². The summed E-state index contributed by atoms with van der Waals surface area (Å²) < 4.78 is 0. The molecule has 2 aliphatic carbocycles. The van der Waals surface area contributed by atoms with Gasteiger partial charge >= 0.3 is 0 Å². The first-order valence-electron chi connectivity index (χ1n) is 8.31. The molecule has 3 heteroatoms. The summed E-state index contributed by atoms with van der Waals surface area (Å²) in [7, 11) is 0. The van der Waals surface area contributed by atoms with Crippen LogP contribution in [0.2, 0.25) is 0 Å². The maximum absolute atomic E-state index is 12.5. The van der Waals surface area contributed by atoms with Gasteiger partial charge in [0.05, 0.1) is 6.04 Å². The van der Waals surface area contributed by atoms with E-state index in [2.05, 4.69) is 17.1 Å². The van der Waals surface area contributed by atoms with Gasteiger partial charge < -0.3 is 10.2 Å². The summed E-state index contributed by atoms with van der Waals surface area (Å²) >= 11 is 0. The Morgan fingerprint density at radius 2 is 1.89 bits per heavy atom. The van der Waals surface area contributed by atoms with Crippen molar-refractivity contribution in [3.05, 3.63) is 0 Å². The van der Waals surface area contributed by atoms with Crippen LogP contribution in [0.15, 0.2) is 0 Å². The zero-order valence-corrected chi connectivity index (χ0v) is 12.2. The fourth-order valence-corrected chi connectivity index (χ4v) is 3.62. The first-order chi connectivity index (χ1) is 9.29. The van der Waals surface area contributed by atoms with Crippen LogP contribution in [0.25, 0.3) is 0 Å². The van der Waals surface area contributed by atoms with Gasteiger partial charge in [0.15, 0.2) is 0 Å².